The molecule has 0 heterocycles. The fourth-order valence-corrected chi connectivity index (χ4v) is 1.10. The first-order chi connectivity index (χ1) is 8.18. The van der Waals surface area contributed by atoms with Gasteiger partial charge in [0.1, 0.15) is 12.4 Å². The van der Waals surface area contributed by atoms with Gasteiger partial charge in [-0.1, -0.05) is 12.1 Å². The van der Waals surface area contributed by atoms with Gasteiger partial charge in [-0.2, -0.15) is 0 Å². The average molecular weight is 273 g/mol. The predicted octanol–water partition coefficient (Wildman–Crippen LogP) is 2.66. The number of benzene rings is 1. The van der Waals surface area contributed by atoms with Gasteiger partial charge in [-0.05, 0) is 12.1 Å². The fraction of sp³-hybridized carbons (Fsp3) is 0.333. The van der Waals surface area contributed by atoms with Gasteiger partial charge in [0.15, 0.2) is 0 Å². The van der Waals surface area contributed by atoms with Crippen molar-refractivity contribution >= 4 is 12.4 Å². The lowest BCUT2D eigenvalue weighted by Gasteiger charge is -2.15. The Bertz CT molecular complexity index is 372. The number of halogens is 6. The number of rotatable bonds is 5. The summed E-state index contributed by atoms with van der Waals surface area (Å²) >= 11 is 0. The largest absolute Gasteiger partial charge is 0.522 e. The van der Waals surface area contributed by atoms with Crippen molar-refractivity contribution in [2.24, 2.45) is 0 Å². The van der Waals surface area contributed by atoms with Crippen LogP contribution in [-0.4, -0.2) is 26.6 Å². The molecule has 0 saturated carbocycles. The van der Waals surface area contributed by atoms with Crippen molar-refractivity contribution in [3.8, 4) is 5.75 Å². The van der Waals surface area contributed by atoms with E-state index in [2.05, 4.69) is 4.74 Å². The topological polar surface area (TPSA) is 18.5 Å². The first-order valence-electron chi connectivity index (χ1n) is 4.82. The zero-order chi connectivity index (χ0) is 13.8. The zero-order valence-electron chi connectivity index (χ0n) is 8.89. The van der Waals surface area contributed by atoms with Crippen LogP contribution in [0.2, 0.25) is 0 Å². The first-order valence-corrected chi connectivity index (χ1v) is 4.82. The van der Waals surface area contributed by atoms with E-state index in [0.717, 1.165) is 24.3 Å². The summed E-state index contributed by atoms with van der Waals surface area (Å²) in [6.45, 7) is -6.22. The number of ether oxygens (including phenoxy) is 2. The quantitative estimate of drug-likeness (QED) is 0.466. The summed E-state index contributed by atoms with van der Waals surface area (Å²) in [7, 11) is 0. The molecule has 0 aromatic heterocycles. The van der Waals surface area contributed by atoms with Crippen molar-refractivity contribution in [3.63, 3.8) is 0 Å². The average Bonchev–Trinajstić information content (AvgIpc) is 2.22. The standard InChI is InChI=1S/C9H8BF6O2/c11-9(12,13)18-6-5-17-8-3-1-7(2-4-8)10(14,15)16/h1-4H,5-6H2/q-1. The maximum Gasteiger partial charge on any atom is 0.522 e. The molecule has 0 amide bonds. The SMILES string of the molecule is F[B-](F)(F)c1ccc(OCCOC(F)(F)F)cc1. The van der Waals surface area contributed by atoms with E-state index in [1.54, 1.807) is 0 Å². The molecule has 1 rings (SSSR count). The summed E-state index contributed by atoms with van der Waals surface area (Å²) in [4.78, 5) is 0. The maximum absolute atomic E-state index is 12.2. The third kappa shape index (κ3) is 5.30. The molecule has 0 aliphatic carbocycles. The highest BCUT2D eigenvalue weighted by Gasteiger charge is 2.28. The molecule has 0 N–H and O–H groups in total. The van der Waals surface area contributed by atoms with Crippen LogP contribution in [-0.2, 0) is 4.74 Å². The second kappa shape index (κ2) is 5.51. The zero-order valence-corrected chi connectivity index (χ0v) is 8.89. The van der Waals surface area contributed by atoms with Crippen molar-refractivity contribution in [1.82, 2.24) is 0 Å². The Balaban J connectivity index is 2.41. The van der Waals surface area contributed by atoms with Crippen LogP contribution in [0.4, 0.5) is 26.1 Å². The Morgan fingerprint density at radius 3 is 1.94 bits per heavy atom. The van der Waals surface area contributed by atoms with Gasteiger partial charge in [-0.25, -0.2) is 0 Å². The molecule has 102 valence electrons. The summed E-state index contributed by atoms with van der Waals surface area (Å²) < 4.78 is 79.6. The minimum absolute atomic E-state index is 0.0459. The molecule has 0 saturated heterocycles. The Kier molecular flexibility index (Phi) is 4.50. The first kappa shape index (κ1) is 14.7. The van der Waals surface area contributed by atoms with E-state index in [4.69, 9.17) is 4.74 Å². The highest BCUT2D eigenvalue weighted by molar-refractivity contribution is 6.73. The molecule has 1 aromatic rings. The molecular formula is C9H8BF6O2-. The normalized spacial score (nSPS) is 12.6. The lowest BCUT2D eigenvalue weighted by atomic mass is 9.80. The molecule has 1 aromatic carbocycles. The van der Waals surface area contributed by atoms with Gasteiger partial charge in [0.25, 0.3) is 0 Å². The van der Waals surface area contributed by atoms with E-state index < -0.39 is 32.0 Å². The number of alkyl halides is 3. The highest BCUT2D eigenvalue weighted by atomic mass is 19.4. The van der Waals surface area contributed by atoms with E-state index in [9.17, 15) is 26.1 Å². The van der Waals surface area contributed by atoms with Crippen molar-refractivity contribution in [2.75, 3.05) is 13.2 Å². The predicted molar refractivity (Wildman–Crippen MR) is 52.7 cm³/mol. The van der Waals surface area contributed by atoms with Crippen molar-refractivity contribution in [1.29, 1.82) is 0 Å². The summed E-state index contributed by atoms with van der Waals surface area (Å²) in [5.74, 6) is 0.0459. The van der Waals surface area contributed by atoms with E-state index in [1.165, 1.54) is 0 Å². The van der Waals surface area contributed by atoms with Gasteiger partial charge >= 0.3 is 13.3 Å². The molecule has 9 heteroatoms. The van der Waals surface area contributed by atoms with E-state index in [1.807, 2.05) is 0 Å². The fourth-order valence-electron chi connectivity index (χ4n) is 1.10. The van der Waals surface area contributed by atoms with Crippen molar-refractivity contribution in [2.45, 2.75) is 6.36 Å². The number of hydrogen-bond acceptors (Lipinski definition) is 2. The number of hydrogen-bond donors (Lipinski definition) is 0. The van der Waals surface area contributed by atoms with Crippen molar-refractivity contribution < 1.29 is 35.6 Å². The Morgan fingerprint density at radius 1 is 0.944 bits per heavy atom. The van der Waals surface area contributed by atoms with Gasteiger partial charge in [-0.3, -0.25) is 4.74 Å². The van der Waals surface area contributed by atoms with E-state index >= 15 is 0 Å². The van der Waals surface area contributed by atoms with Crippen LogP contribution < -0.4 is 10.2 Å². The highest BCUT2D eigenvalue weighted by Crippen LogP contribution is 2.16. The van der Waals surface area contributed by atoms with E-state index in [0.29, 0.717) is 0 Å². The second-order valence-corrected chi connectivity index (χ2v) is 3.29. The van der Waals surface area contributed by atoms with Gasteiger partial charge in [-0.15, -0.1) is 18.6 Å². The summed E-state index contributed by atoms with van der Waals surface area (Å²) in [6, 6.07) is 3.69. The molecule has 0 bridgehead atoms. The summed E-state index contributed by atoms with van der Waals surface area (Å²) in [6.07, 6.45) is -4.74. The molecule has 0 atom stereocenters. The molecule has 0 radical (unpaired) electrons. The van der Waals surface area contributed by atoms with Crippen LogP contribution in [0.25, 0.3) is 0 Å². The van der Waals surface area contributed by atoms with Gasteiger partial charge in [0.05, 0.1) is 6.61 Å². The Morgan fingerprint density at radius 2 is 1.50 bits per heavy atom. The second-order valence-electron chi connectivity index (χ2n) is 3.29. The smallest absolute Gasteiger partial charge is 0.491 e. The van der Waals surface area contributed by atoms with Gasteiger partial charge in [0, 0.05) is 0 Å². The molecule has 2 nitrogen and oxygen atoms in total. The Hall–Kier alpha value is -1.38. The van der Waals surface area contributed by atoms with Crippen LogP contribution >= 0.6 is 0 Å². The lowest BCUT2D eigenvalue weighted by Crippen LogP contribution is -2.33. The van der Waals surface area contributed by atoms with Crippen LogP contribution in [0.5, 0.6) is 5.75 Å². The van der Waals surface area contributed by atoms with E-state index in [-0.39, 0.29) is 5.75 Å². The molecule has 0 unspecified atom stereocenters. The maximum atomic E-state index is 12.2. The monoisotopic (exact) mass is 273 g/mol. The van der Waals surface area contributed by atoms with Crippen LogP contribution in [0.3, 0.4) is 0 Å². The summed E-state index contributed by atoms with van der Waals surface area (Å²) in [5, 5.41) is 0. The third-order valence-electron chi connectivity index (χ3n) is 1.88. The molecular weight excluding hydrogens is 265 g/mol. The molecule has 0 aliphatic rings. The van der Waals surface area contributed by atoms with Crippen LogP contribution in [0.15, 0.2) is 24.3 Å². The summed E-state index contributed by atoms with van der Waals surface area (Å²) in [5.41, 5.74) is -0.797. The van der Waals surface area contributed by atoms with Gasteiger partial charge in [0.2, 0.25) is 0 Å². The molecule has 18 heavy (non-hydrogen) atoms. The van der Waals surface area contributed by atoms with Crippen molar-refractivity contribution in [3.05, 3.63) is 24.3 Å². The molecule has 0 fully saturated rings. The van der Waals surface area contributed by atoms with Crippen LogP contribution in [0.1, 0.15) is 0 Å². The lowest BCUT2D eigenvalue weighted by molar-refractivity contribution is -0.325. The van der Waals surface area contributed by atoms with Gasteiger partial charge < -0.3 is 17.7 Å². The minimum atomic E-state index is -5.08. The minimum Gasteiger partial charge on any atom is -0.491 e. The van der Waals surface area contributed by atoms with Crippen LogP contribution in [0, 0.1) is 0 Å². The third-order valence-corrected chi connectivity index (χ3v) is 1.88. The molecule has 0 spiro atoms. The Labute approximate surface area is 98.6 Å². The molecule has 0 aliphatic heterocycles.